The van der Waals surface area contributed by atoms with E-state index in [-0.39, 0.29) is 5.79 Å². The molecule has 0 bridgehead atoms. The smallest absolute Gasteiger partial charge is 0.193 e. The molecule has 1 aliphatic rings. The Hall–Kier alpha value is 0.0600. The minimum atomic E-state index is -0.367. The molecule has 1 saturated heterocycles. The highest BCUT2D eigenvalue weighted by Gasteiger charge is 2.43. The molecule has 0 spiro atoms. The van der Waals surface area contributed by atoms with E-state index in [4.69, 9.17) is 9.47 Å². The van der Waals surface area contributed by atoms with Crippen LogP contribution in [0.1, 0.15) is 4.88 Å². The van der Waals surface area contributed by atoms with Crippen molar-refractivity contribution < 1.29 is 9.47 Å². The SMILES string of the molecule is COC1(OC)CN(Cc2cc(Br)cs2)C1. The Morgan fingerprint density at radius 2 is 2.13 bits per heavy atom. The van der Waals surface area contributed by atoms with Crippen molar-refractivity contribution in [3.05, 3.63) is 20.8 Å². The fourth-order valence-corrected chi connectivity index (χ4v) is 3.24. The molecule has 0 aromatic carbocycles. The molecule has 3 nitrogen and oxygen atoms in total. The summed E-state index contributed by atoms with van der Waals surface area (Å²) >= 11 is 5.23. The van der Waals surface area contributed by atoms with Gasteiger partial charge in [0.25, 0.3) is 0 Å². The third-order valence-electron chi connectivity index (χ3n) is 2.67. The van der Waals surface area contributed by atoms with Crippen LogP contribution in [0.5, 0.6) is 0 Å². The van der Waals surface area contributed by atoms with Crippen LogP contribution in [-0.2, 0) is 16.0 Å². The Bertz CT molecular complexity index is 330. The molecule has 2 rings (SSSR count). The number of likely N-dealkylation sites (tertiary alicyclic amines) is 1. The summed E-state index contributed by atoms with van der Waals surface area (Å²) in [6, 6.07) is 2.16. The van der Waals surface area contributed by atoms with Gasteiger partial charge in [0.1, 0.15) is 0 Å². The zero-order valence-corrected chi connectivity index (χ0v) is 11.2. The van der Waals surface area contributed by atoms with E-state index in [0.29, 0.717) is 0 Å². The first kappa shape index (κ1) is 11.5. The quantitative estimate of drug-likeness (QED) is 0.795. The molecule has 2 heterocycles. The molecule has 0 unspecified atom stereocenters. The molecule has 0 saturated carbocycles. The maximum atomic E-state index is 5.33. The summed E-state index contributed by atoms with van der Waals surface area (Å²) in [5.41, 5.74) is 0. The summed E-state index contributed by atoms with van der Waals surface area (Å²) in [6.07, 6.45) is 0. The third kappa shape index (κ3) is 2.42. The largest absolute Gasteiger partial charge is 0.351 e. The van der Waals surface area contributed by atoms with Crippen molar-refractivity contribution in [1.29, 1.82) is 0 Å². The summed E-state index contributed by atoms with van der Waals surface area (Å²) in [7, 11) is 3.39. The van der Waals surface area contributed by atoms with Crippen molar-refractivity contribution in [2.45, 2.75) is 12.3 Å². The molecule has 0 atom stereocenters. The number of hydrogen-bond acceptors (Lipinski definition) is 4. The topological polar surface area (TPSA) is 21.7 Å². The van der Waals surface area contributed by atoms with E-state index in [0.717, 1.165) is 24.1 Å². The monoisotopic (exact) mass is 291 g/mol. The molecule has 1 fully saturated rings. The number of nitrogens with zero attached hydrogens (tertiary/aromatic N) is 1. The van der Waals surface area contributed by atoms with E-state index in [1.807, 2.05) is 0 Å². The van der Waals surface area contributed by atoms with Crippen molar-refractivity contribution >= 4 is 27.3 Å². The van der Waals surface area contributed by atoms with Crippen LogP contribution in [0.2, 0.25) is 0 Å². The summed E-state index contributed by atoms with van der Waals surface area (Å²) in [6.45, 7) is 2.66. The lowest BCUT2D eigenvalue weighted by Crippen LogP contribution is -2.63. The first-order chi connectivity index (χ1) is 7.17. The van der Waals surface area contributed by atoms with E-state index in [9.17, 15) is 0 Å². The van der Waals surface area contributed by atoms with Gasteiger partial charge in [-0.15, -0.1) is 11.3 Å². The summed E-state index contributed by atoms with van der Waals surface area (Å²) < 4.78 is 11.8. The predicted molar refractivity (Wildman–Crippen MR) is 64.0 cm³/mol. The van der Waals surface area contributed by atoms with Crippen LogP contribution in [0.4, 0.5) is 0 Å². The zero-order chi connectivity index (χ0) is 10.9. The number of rotatable bonds is 4. The van der Waals surface area contributed by atoms with Gasteiger partial charge < -0.3 is 9.47 Å². The second kappa shape index (κ2) is 4.51. The molecule has 15 heavy (non-hydrogen) atoms. The van der Waals surface area contributed by atoms with Crippen LogP contribution >= 0.6 is 27.3 Å². The Labute approximate surface area is 102 Å². The fraction of sp³-hybridized carbons (Fsp3) is 0.600. The van der Waals surface area contributed by atoms with Gasteiger partial charge >= 0.3 is 0 Å². The fourth-order valence-electron chi connectivity index (χ4n) is 1.75. The van der Waals surface area contributed by atoms with Gasteiger partial charge in [-0.05, 0) is 22.0 Å². The standard InChI is InChI=1S/C10H14BrNO2S/c1-13-10(14-2)6-12(7-10)4-9-3-8(11)5-15-9/h3,5H,4,6-7H2,1-2H3. The van der Waals surface area contributed by atoms with E-state index in [1.54, 1.807) is 25.6 Å². The maximum absolute atomic E-state index is 5.33. The lowest BCUT2D eigenvalue weighted by atomic mass is 10.1. The normalized spacial score (nSPS) is 20.2. The molecular weight excluding hydrogens is 278 g/mol. The van der Waals surface area contributed by atoms with Gasteiger partial charge in [-0.3, -0.25) is 4.90 Å². The van der Waals surface area contributed by atoms with E-state index in [2.05, 4.69) is 32.3 Å². The summed E-state index contributed by atoms with van der Waals surface area (Å²) in [5.74, 6) is -0.367. The second-order valence-corrected chi connectivity index (χ2v) is 5.61. The lowest BCUT2D eigenvalue weighted by Gasteiger charge is -2.47. The molecule has 84 valence electrons. The van der Waals surface area contributed by atoms with E-state index < -0.39 is 0 Å². The molecule has 0 amide bonds. The number of ether oxygens (including phenoxy) is 2. The van der Waals surface area contributed by atoms with Gasteiger partial charge in [0.15, 0.2) is 5.79 Å². The average Bonchev–Trinajstić information content (AvgIpc) is 2.57. The van der Waals surface area contributed by atoms with Crippen molar-refractivity contribution in [3.8, 4) is 0 Å². The zero-order valence-electron chi connectivity index (χ0n) is 8.83. The molecule has 1 aromatic heterocycles. The molecule has 5 heteroatoms. The number of thiophene rings is 1. The first-order valence-corrected chi connectivity index (χ1v) is 6.40. The van der Waals surface area contributed by atoms with Gasteiger partial charge in [0, 0.05) is 35.5 Å². The molecule has 0 N–H and O–H groups in total. The van der Waals surface area contributed by atoms with Crippen molar-refractivity contribution in [2.24, 2.45) is 0 Å². The Morgan fingerprint density at radius 3 is 2.60 bits per heavy atom. The molecule has 0 radical (unpaired) electrons. The number of halogens is 1. The van der Waals surface area contributed by atoms with E-state index >= 15 is 0 Å². The first-order valence-electron chi connectivity index (χ1n) is 4.73. The Kier molecular flexibility index (Phi) is 3.47. The highest BCUT2D eigenvalue weighted by atomic mass is 79.9. The van der Waals surface area contributed by atoms with Crippen LogP contribution in [0.3, 0.4) is 0 Å². The van der Waals surface area contributed by atoms with E-state index in [1.165, 1.54) is 4.88 Å². The molecular formula is C10H14BrNO2S. The number of methoxy groups -OCH3 is 2. The third-order valence-corrected chi connectivity index (χ3v) is 4.36. The van der Waals surface area contributed by atoms with Crippen LogP contribution in [0.25, 0.3) is 0 Å². The highest BCUT2D eigenvalue weighted by Crippen LogP contribution is 2.29. The van der Waals surface area contributed by atoms with Gasteiger partial charge in [-0.1, -0.05) is 0 Å². The molecule has 1 aliphatic heterocycles. The Balaban J connectivity index is 1.85. The number of hydrogen-bond donors (Lipinski definition) is 0. The van der Waals surface area contributed by atoms with Crippen molar-refractivity contribution in [3.63, 3.8) is 0 Å². The average molecular weight is 292 g/mol. The minimum absolute atomic E-state index is 0.367. The summed E-state index contributed by atoms with van der Waals surface area (Å²) in [4.78, 5) is 3.67. The predicted octanol–water partition coefficient (Wildman–Crippen LogP) is 2.32. The highest BCUT2D eigenvalue weighted by molar-refractivity contribution is 9.10. The maximum Gasteiger partial charge on any atom is 0.193 e. The van der Waals surface area contributed by atoms with Gasteiger partial charge in [-0.25, -0.2) is 0 Å². The minimum Gasteiger partial charge on any atom is -0.351 e. The van der Waals surface area contributed by atoms with Crippen LogP contribution in [0, 0.1) is 0 Å². The Morgan fingerprint density at radius 1 is 1.47 bits per heavy atom. The van der Waals surface area contributed by atoms with Gasteiger partial charge in [0.2, 0.25) is 0 Å². The molecule has 1 aromatic rings. The molecule has 0 aliphatic carbocycles. The van der Waals surface area contributed by atoms with Crippen LogP contribution < -0.4 is 0 Å². The van der Waals surface area contributed by atoms with Crippen LogP contribution in [-0.4, -0.2) is 38.0 Å². The van der Waals surface area contributed by atoms with Crippen LogP contribution in [0.15, 0.2) is 15.9 Å². The van der Waals surface area contributed by atoms with Gasteiger partial charge in [-0.2, -0.15) is 0 Å². The van der Waals surface area contributed by atoms with Crippen molar-refractivity contribution in [2.75, 3.05) is 27.3 Å². The van der Waals surface area contributed by atoms with Crippen molar-refractivity contribution in [1.82, 2.24) is 4.90 Å². The lowest BCUT2D eigenvalue weighted by molar-refractivity contribution is -0.277. The summed E-state index contributed by atoms with van der Waals surface area (Å²) in [5, 5.41) is 2.11. The second-order valence-electron chi connectivity index (χ2n) is 3.70. The van der Waals surface area contributed by atoms with Gasteiger partial charge in [0.05, 0.1) is 13.1 Å².